The molecule has 3 rings (SSSR count). The molecule has 0 spiro atoms. The maximum atomic E-state index is 12.5. The number of nitrogens with zero attached hydrogens (tertiary/aromatic N) is 1. The number of rotatable bonds is 7. The number of sulfonamides is 1. The predicted octanol–water partition coefficient (Wildman–Crippen LogP) is 4.33. The van der Waals surface area contributed by atoms with Crippen molar-refractivity contribution >= 4 is 38.1 Å². The molecule has 0 aliphatic rings. The summed E-state index contributed by atoms with van der Waals surface area (Å²) in [6.07, 6.45) is 0. The number of anilines is 2. The Bertz CT molecular complexity index is 1090. The average molecular weight is 432 g/mol. The van der Waals surface area contributed by atoms with Gasteiger partial charge in [-0.25, -0.2) is 13.4 Å². The van der Waals surface area contributed by atoms with Crippen LogP contribution in [0.4, 0.5) is 10.8 Å². The van der Waals surface area contributed by atoms with Crippen molar-refractivity contribution in [2.45, 2.75) is 24.7 Å². The summed E-state index contributed by atoms with van der Waals surface area (Å²) in [5, 5.41) is 5.15. The second-order valence-corrected chi connectivity index (χ2v) is 9.09. The Balaban J connectivity index is 1.69. The molecule has 0 unspecified atom stereocenters. The molecule has 29 heavy (non-hydrogen) atoms. The van der Waals surface area contributed by atoms with Gasteiger partial charge in [0.2, 0.25) is 0 Å². The van der Waals surface area contributed by atoms with Gasteiger partial charge in [0.25, 0.3) is 15.9 Å². The van der Waals surface area contributed by atoms with Crippen molar-refractivity contribution in [1.29, 1.82) is 0 Å². The quantitative estimate of drug-likeness (QED) is 0.580. The number of hydrogen-bond donors (Lipinski definition) is 2. The van der Waals surface area contributed by atoms with E-state index in [-0.39, 0.29) is 16.7 Å². The number of thiazole rings is 1. The lowest BCUT2D eigenvalue weighted by atomic mass is 10.2. The van der Waals surface area contributed by atoms with Crippen LogP contribution in [0.15, 0.2) is 58.8 Å². The summed E-state index contributed by atoms with van der Waals surface area (Å²) in [5.74, 6) is 0.561. The molecule has 3 aromatic rings. The number of methoxy groups -OCH3 is 1. The van der Waals surface area contributed by atoms with Gasteiger partial charge in [-0.3, -0.25) is 14.8 Å². The third-order valence-corrected chi connectivity index (χ3v) is 6.28. The van der Waals surface area contributed by atoms with Crippen molar-refractivity contribution in [1.82, 2.24) is 4.98 Å². The lowest BCUT2D eigenvalue weighted by Crippen LogP contribution is -2.14. The molecule has 0 atom stereocenters. The second kappa shape index (κ2) is 8.62. The molecule has 0 saturated heterocycles. The Morgan fingerprint density at radius 2 is 1.72 bits per heavy atom. The van der Waals surface area contributed by atoms with Crippen LogP contribution in [0, 0.1) is 0 Å². The smallest absolute Gasteiger partial charge is 0.261 e. The zero-order chi connectivity index (χ0) is 21.0. The zero-order valence-electron chi connectivity index (χ0n) is 16.2. The molecule has 0 bridgehead atoms. The van der Waals surface area contributed by atoms with E-state index in [1.54, 1.807) is 24.3 Å². The Kier molecular flexibility index (Phi) is 6.19. The lowest BCUT2D eigenvalue weighted by molar-refractivity contribution is 0.102. The van der Waals surface area contributed by atoms with Crippen molar-refractivity contribution in [2.24, 2.45) is 0 Å². The minimum atomic E-state index is -3.77. The predicted molar refractivity (Wildman–Crippen MR) is 114 cm³/mol. The van der Waals surface area contributed by atoms with Crippen molar-refractivity contribution < 1.29 is 17.9 Å². The third-order valence-electron chi connectivity index (χ3n) is 4.10. The first-order valence-corrected chi connectivity index (χ1v) is 11.2. The molecule has 7 nitrogen and oxygen atoms in total. The number of hydrogen-bond acceptors (Lipinski definition) is 6. The van der Waals surface area contributed by atoms with Crippen LogP contribution in [0.2, 0.25) is 0 Å². The Morgan fingerprint density at radius 3 is 2.28 bits per heavy atom. The molecule has 1 amide bonds. The van der Waals surface area contributed by atoms with Gasteiger partial charge in [-0.2, -0.15) is 0 Å². The van der Waals surface area contributed by atoms with E-state index < -0.39 is 10.0 Å². The fraction of sp³-hybridized carbons (Fsp3) is 0.200. The van der Waals surface area contributed by atoms with E-state index in [1.807, 2.05) is 19.2 Å². The Morgan fingerprint density at radius 1 is 1.07 bits per heavy atom. The van der Waals surface area contributed by atoms with Crippen LogP contribution in [0.5, 0.6) is 5.75 Å². The van der Waals surface area contributed by atoms with Crippen molar-refractivity contribution in [2.75, 3.05) is 17.1 Å². The molecule has 1 heterocycles. The van der Waals surface area contributed by atoms with E-state index >= 15 is 0 Å². The molecule has 152 valence electrons. The van der Waals surface area contributed by atoms with Gasteiger partial charge >= 0.3 is 0 Å². The van der Waals surface area contributed by atoms with Crippen LogP contribution in [0.1, 0.15) is 35.8 Å². The fourth-order valence-corrected chi connectivity index (χ4v) is 4.36. The molecule has 2 N–H and O–H groups in total. The second-order valence-electron chi connectivity index (χ2n) is 6.54. The molecule has 0 aliphatic carbocycles. The van der Waals surface area contributed by atoms with Gasteiger partial charge < -0.3 is 4.74 Å². The highest BCUT2D eigenvalue weighted by atomic mass is 32.2. The number of nitrogens with one attached hydrogen (secondary N) is 2. The van der Waals surface area contributed by atoms with Crippen LogP contribution in [0.25, 0.3) is 0 Å². The van der Waals surface area contributed by atoms with Crippen LogP contribution in [-0.2, 0) is 10.0 Å². The molecular weight excluding hydrogens is 410 g/mol. The summed E-state index contributed by atoms with van der Waals surface area (Å²) >= 11 is 1.35. The molecule has 1 aromatic heterocycles. The highest BCUT2D eigenvalue weighted by molar-refractivity contribution is 7.92. The number of carbonyl (C=O) groups is 1. The SMILES string of the molecule is COc1ccc(NS(=O)(=O)c2ccc(C(=O)Nc3nc(C(C)C)cs3)cc2)cc1. The summed E-state index contributed by atoms with van der Waals surface area (Å²) in [4.78, 5) is 16.8. The summed E-state index contributed by atoms with van der Waals surface area (Å²) in [6, 6.07) is 12.3. The highest BCUT2D eigenvalue weighted by Gasteiger charge is 2.16. The van der Waals surface area contributed by atoms with Crippen molar-refractivity contribution in [3.63, 3.8) is 0 Å². The minimum absolute atomic E-state index is 0.0567. The first kappa shape index (κ1) is 20.8. The molecule has 0 radical (unpaired) electrons. The van der Waals surface area contributed by atoms with Gasteiger partial charge in [-0.05, 0) is 54.4 Å². The number of amides is 1. The van der Waals surface area contributed by atoms with Crippen LogP contribution in [0.3, 0.4) is 0 Å². The van der Waals surface area contributed by atoms with Gasteiger partial charge in [0, 0.05) is 16.6 Å². The fourth-order valence-electron chi connectivity index (χ4n) is 2.44. The molecule has 2 aromatic carbocycles. The summed E-state index contributed by atoms with van der Waals surface area (Å²) < 4.78 is 32.6. The number of ether oxygens (including phenoxy) is 1. The number of aromatic nitrogens is 1. The monoisotopic (exact) mass is 431 g/mol. The van der Waals surface area contributed by atoms with Gasteiger partial charge in [-0.15, -0.1) is 11.3 Å². The average Bonchev–Trinajstić information content (AvgIpc) is 3.17. The topological polar surface area (TPSA) is 97.4 Å². The van der Waals surface area contributed by atoms with E-state index in [1.165, 1.54) is 42.7 Å². The first-order chi connectivity index (χ1) is 13.8. The normalized spacial score (nSPS) is 11.3. The van der Waals surface area contributed by atoms with Gasteiger partial charge in [0.15, 0.2) is 5.13 Å². The third kappa shape index (κ3) is 5.12. The van der Waals surface area contributed by atoms with Crippen molar-refractivity contribution in [3.8, 4) is 5.75 Å². The summed E-state index contributed by atoms with van der Waals surface area (Å²) in [7, 11) is -2.24. The van der Waals surface area contributed by atoms with Crippen LogP contribution in [-0.4, -0.2) is 26.4 Å². The van der Waals surface area contributed by atoms with E-state index in [2.05, 4.69) is 15.0 Å². The van der Waals surface area contributed by atoms with Gasteiger partial charge in [-0.1, -0.05) is 13.8 Å². The number of carbonyl (C=O) groups excluding carboxylic acids is 1. The molecule has 0 fully saturated rings. The van der Waals surface area contributed by atoms with Crippen molar-refractivity contribution in [3.05, 3.63) is 65.2 Å². The van der Waals surface area contributed by atoms with Crippen LogP contribution >= 0.6 is 11.3 Å². The van der Waals surface area contributed by atoms with E-state index in [0.29, 0.717) is 22.1 Å². The summed E-state index contributed by atoms with van der Waals surface area (Å²) in [5.41, 5.74) is 1.67. The standard InChI is InChI=1S/C20H21N3O4S2/c1-13(2)18-12-28-20(21-18)22-19(24)14-4-10-17(11-5-14)29(25,26)23-15-6-8-16(27-3)9-7-15/h4-13,23H,1-3H3,(H,21,22,24). The molecule has 0 aliphatic heterocycles. The maximum absolute atomic E-state index is 12.5. The highest BCUT2D eigenvalue weighted by Crippen LogP contribution is 2.23. The zero-order valence-corrected chi connectivity index (χ0v) is 17.8. The van der Waals surface area contributed by atoms with E-state index in [4.69, 9.17) is 4.74 Å². The molecule has 0 saturated carbocycles. The number of benzene rings is 2. The van der Waals surface area contributed by atoms with E-state index in [9.17, 15) is 13.2 Å². The molecular formula is C20H21N3O4S2. The van der Waals surface area contributed by atoms with Gasteiger partial charge in [0.1, 0.15) is 5.75 Å². The first-order valence-electron chi connectivity index (χ1n) is 8.82. The molecule has 9 heteroatoms. The Hall–Kier alpha value is -2.91. The summed E-state index contributed by atoms with van der Waals surface area (Å²) in [6.45, 7) is 4.06. The van der Waals surface area contributed by atoms with Gasteiger partial charge in [0.05, 0.1) is 17.7 Å². The van der Waals surface area contributed by atoms with Crippen LogP contribution < -0.4 is 14.8 Å². The van der Waals surface area contributed by atoms with E-state index in [0.717, 1.165) is 5.69 Å². The maximum Gasteiger partial charge on any atom is 0.261 e. The lowest BCUT2D eigenvalue weighted by Gasteiger charge is -2.09. The Labute approximate surface area is 173 Å². The largest absolute Gasteiger partial charge is 0.497 e. The minimum Gasteiger partial charge on any atom is -0.497 e.